The molecule has 0 radical (unpaired) electrons. The van der Waals surface area contributed by atoms with Gasteiger partial charge in [0, 0.05) is 0 Å². The Morgan fingerprint density at radius 3 is 2.56 bits per heavy atom. The summed E-state index contributed by atoms with van der Waals surface area (Å²) in [6, 6.07) is 0. The molecule has 50 valence electrons. The fraction of sp³-hybridized carbons (Fsp3) is 0.500. The van der Waals surface area contributed by atoms with Gasteiger partial charge in [0.05, 0.1) is 5.38 Å². The first-order valence-electron chi connectivity index (χ1n) is 2.33. The molecule has 1 heterocycles. The summed E-state index contributed by atoms with van der Waals surface area (Å²) < 4.78 is 4.32. The Labute approximate surface area is 67.0 Å². The average Bonchev–Trinajstić information content (AvgIpc) is 2.14. The molecule has 0 fully saturated rings. The molecule has 1 atom stereocenters. The Morgan fingerprint density at radius 2 is 2.33 bits per heavy atom. The van der Waals surface area contributed by atoms with Crippen molar-refractivity contribution < 1.29 is 0 Å². The molecule has 9 heavy (non-hydrogen) atoms. The van der Waals surface area contributed by atoms with E-state index in [1.54, 1.807) is 6.92 Å². The van der Waals surface area contributed by atoms with Gasteiger partial charge in [-0.2, -0.15) is 4.37 Å². The molecule has 1 unspecified atom stereocenters. The van der Waals surface area contributed by atoms with Crippen LogP contribution >= 0.6 is 34.7 Å². The van der Waals surface area contributed by atoms with Crippen molar-refractivity contribution in [3.8, 4) is 0 Å². The van der Waals surface area contributed by atoms with Gasteiger partial charge in [-0.05, 0) is 30.1 Å². The minimum Gasteiger partial charge on any atom is -0.207 e. The minimum atomic E-state index is -0.145. The van der Waals surface area contributed by atoms with Crippen molar-refractivity contribution in [3.05, 3.63) is 10.3 Å². The Kier molecular flexibility index (Phi) is 2.27. The first-order valence-corrected chi connectivity index (χ1v) is 3.92. The fourth-order valence-electron chi connectivity index (χ4n) is 0.377. The SMILES string of the molecule is CC(Cl)c1nsc(Cl)n1. The molecule has 0 spiro atoms. The molecule has 0 saturated carbocycles. The van der Waals surface area contributed by atoms with E-state index in [4.69, 9.17) is 23.2 Å². The van der Waals surface area contributed by atoms with E-state index >= 15 is 0 Å². The van der Waals surface area contributed by atoms with E-state index in [1.807, 2.05) is 0 Å². The number of hydrogen-bond donors (Lipinski definition) is 0. The number of halogens is 2. The van der Waals surface area contributed by atoms with E-state index in [2.05, 4.69) is 9.36 Å². The third-order valence-corrected chi connectivity index (χ3v) is 1.78. The third kappa shape index (κ3) is 1.78. The fourth-order valence-corrected chi connectivity index (χ4v) is 1.22. The lowest BCUT2D eigenvalue weighted by molar-refractivity contribution is 0.961. The molecule has 0 aliphatic carbocycles. The van der Waals surface area contributed by atoms with Gasteiger partial charge in [0.15, 0.2) is 5.82 Å². The summed E-state index contributed by atoms with van der Waals surface area (Å²) in [6.45, 7) is 1.81. The molecule has 0 N–H and O–H groups in total. The highest BCUT2D eigenvalue weighted by atomic mass is 35.5. The zero-order valence-corrected chi connectivity index (χ0v) is 6.96. The summed E-state index contributed by atoms with van der Waals surface area (Å²) in [7, 11) is 0. The Hall–Kier alpha value is 0.140. The first-order chi connectivity index (χ1) is 4.20. The van der Waals surface area contributed by atoms with Gasteiger partial charge in [0.25, 0.3) is 0 Å². The van der Waals surface area contributed by atoms with Gasteiger partial charge in [-0.25, -0.2) is 4.98 Å². The van der Waals surface area contributed by atoms with Crippen LogP contribution in [-0.4, -0.2) is 9.36 Å². The molecule has 0 saturated heterocycles. The van der Waals surface area contributed by atoms with Crippen LogP contribution in [0.3, 0.4) is 0 Å². The normalized spacial score (nSPS) is 13.7. The highest BCUT2D eigenvalue weighted by Crippen LogP contribution is 2.19. The summed E-state index contributed by atoms with van der Waals surface area (Å²) in [5, 5.41) is -0.145. The topological polar surface area (TPSA) is 25.8 Å². The smallest absolute Gasteiger partial charge is 0.203 e. The number of hydrogen-bond acceptors (Lipinski definition) is 3. The van der Waals surface area contributed by atoms with E-state index < -0.39 is 0 Å². The maximum absolute atomic E-state index is 5.64. The molecule has 0 bridgehead atoms. The largest absolute Gasteiger partial charge is 0.207 e. The lowest BCUT2D eigenvalue weighted by atomic mass is 10.5. The van der Waals surface area contributed by atoms with Gasteiger partial charge in [-0.3, -0.25) is 0 Å². The zero-order chi connectivity index (χ0) is 6.85. The monoisotopic (exact) mass is 182 g/mol. The van der Waals surface area contributed by atoms with Crippen molar-refractivity contribution in [1.82, 2.24) is 9.36 Å². The number of nitrogens with zero attached hydrogens (tertiary/aromatic N) is 2. The van der Waals surface area contributed by atoms with Crippen LogP contribution in [-0.2, 0) is 0 Å². The van der Waals surface area contributed by atoms with Gasteiger partial charge < -0.3 is 0 Å². The van der Waals surface area contributed by atoms with Crippen LogP contribution in [0.15, 0.2) is 0 Å². The van der Waals surface area contributed by atoms with Crippen molar-refractivity contribution in [3.63, 3.8) is 0 Å². The highest BCUT2D eigenvalue weighted by Gasteiger charge is 2.06. The molecule has 0 amide bonds. The molecule has 5 heteroatoms. The molecule has 0 aromatic carbocycles. The predicted octanol–water partition coefficient (Wildman–Crippen LogP) is 2.49. The standard InChI is InChI=1S/C4H4Cl2N2S/c1-2(5)3-7-4(6)9-8-3/h2H,1H3. The Bertz CT molecular complexity index is 198. The van der Waals surface area contributed by atoms with E-state index in [0.29, 0.717) is 10.3 Å². The quantitative estimate of drug-likeness (QED) is 0.625. The van der Waals surface area contributed by atoms with E-state index in [0.717, 1.165) is 11.5 Å². The van der Waals surface area contributed by atoms with Crippen LogP contribution in [0.2, 0.25) is 4.47 Å². The summed E-state index contributed by atoms with van der Waals surface area (Å²) in [5.74, 6) is 0.603. The van der Waals surface area contributed by atoms with Crippen LogP contribution in [0.25, 0.3) is 0 Å². The van der Waals surface area contributed by atoms with Crippen LogP contribution < -0.4 is 0 Å². The molecule has 2 nitrogen and oxygen atoms in total. The predicted molar refractivity (Wildman–Crippen MR) is 39.2 cm³/mol. The summed E-state index contributed by atoms with van der Waals surface area (Å²) >= 11 is 12.3. The Balaban J connectivity index is 2.85. The third-order valence-electron chi connectivity index (χ3n) is 0.773. The summed E-state index contributed by atoms with van der Waals surface area (Å²) in [4.78, 5) is 3.85. The van der Waals surface area contributed by atoms with Gasteiger partial charge in [-0.15, -0.1) is 11.6 Å². The summed E-state index contributed by atoms with van der Waals surface area (Å²) in [6.07, 6.45) is 0. The van der Waals surface area contributed by atoms with Crippen LogP contribution in [0.5, 0.6) is 0 Å². The van der Waals surface area contributed by atoms with Crippen molar-refractivity contribution in [2.24, 2.45) is 0 Å². The zero-order valence-electron chi connectivity index (χ0n) is 4.64. The molecular formula is C4H4Cl2N2S. The second-order valence-electron chi connectivity index (χ2n) is 1.52. The minimum absolute atomic E-state index is 0.145. The van der Waals surface area contributed by atoms with Crippen LogP contribution in [0.4, 0.5) is 0 Å². The van der Waals surface area contributed by atoms with E-state index in [9.17, 15) is 0 Å². The van der Waals surface area contributed by atoms with E-state index in [1.165, 1.54) is 0 Å². The van der Waals surface area contributed by atoms with Crippen molar-refractivity contribution in [1.29, 1.82) is 0 Å². The van der Waals surface area contributed by atoms with Crippen LogP contribution in [0.1, 0.15) is 18.1 Å². The van der Waals surface area contributed by atoms with Crippen LogP contribution in [0, 0.1) is 0 Å². The number of rotatable bonds is 1. The maximum Gasteiger partial charge on any atom is 0.203 e. The number of alkyl halides is 1. The van der Waals surface area contributed by atoms with Gasteiger partial charge >= 0.3 is 0 Å². The molecule has 1 rings (SSSR count). The van der Waals surface area contributed by atoms with Gasteiger partial charge in [0.2, 0.25) is 4.47 Å². The van der Waals surface area contributed by atoms with Crippen molar-refractivity contribution in [2.45, 2.75) is 12.3 Å². The van der Waals surface area contributed by atoms with Crippen molar-refractivity contribution >= 4 is 34.7 Å². The molecule has 1 aromatic rings. The molecule has 1 aromatic heterocycles. The second-order valence-corrected chi connectivity index (χ2v) is 3.51. The molecule has 0 aliphatic rings. The Morgan fingerprint density at radius 1 is 1.67 bits per heavy atom. The maximum atomic E-state index is 5.64. The molecule has 0 aliphatic heterocycles. The summed E-state index contributed by atoms with van der Waals surface area (Å²) in [5.41, 5.74) is 0. The first kappa shape index (κ1) is 7.25. The lowest BCUT2D eigenvalue weighted by Gasteiger charge is -1.89. The van der Waals surface area contributed by atoms with Gasteiger partial charge in [-0.1, -0.05) is 0 Å². The highest BCUT2D eigenvalue weighted by molar-refractivity contribution is 7.10. The average molecular weight is 183 g/mol. The second kappa shape index (κ2) is 2.82. The van der Waals surface area contributed by atoms with Gasteiger partial charge in [0.1, 0.15) is 0 Å². The number of aromatic nitrogens is 2. The molecular weight excluding hydrogens is 179 g/mol. The lowest BCUT2D eigenvalue weighted by Crippen LogP contribution is -1.84. The van der Waals surface area contributed by atoms with Crippen molar-refractivity contribution in [2.75, 3.05) is 0 Å². The van der Waals surface area contributed by atoms with E-state index in [-0.39, 0.29) is 5.38 Å².